The van der Waals surface area contributed by atoms with E-state index < -0.39 is 0 Å². The number of methoxy groups -OCH3 is 2. The molecule has 1 heterocycles. The van der Waals surface area contributed by atoms with Gasteiger partial charge < -0.3 is 9.47 Å². The molecule has 0 N–H and O–H groups in total. The minimum Gasteiger partial charge on any atom is -0.493 e. The Labute approximate surface area is 145 Å². The topological polar surface area (TPSA) is 51.1 Å². The lowest BCUT2D eigenvalue weighted by atomic mass is 10.00. The Hall–Kier alpha value is -2.53. The summed E-state index contributed by atoms with van der Waals surface area (Å²) in [6.07, 6.45) is 0.221. The van der Waals surface area contributed by atoms with Gasteiger partial charge in [0.15, 0.2) is 11.5 Å². The number of carbonyl (C=O) groups excluding carboxylic acids is 1. The van der Waals surface area contributed by atoms with Gasteiger partial charge in [0, 0.05) is 10.6 Å². The van der Waals surface area contributed by atoms with Crippen LogP contribution in [0.3, 0.4) is 0 Å². The Balaban J connectivity index is 2.07. The number of fused-ring (bicyclic) bond motifs is 1. The van der Waals surface area contributed by atoms with Crippen molar-refractivity contribution in [2.75, 3.05) is 19.2 Å². The summed E-state index contributed by atoms with van der Waals surface area (Å²) < 4.78 is 10.7. The van der Waals surface area contributed by atoms with Crippen LogP contribution < -0.4 is 14.5 Å². The zero-order valence-corrected chi connectivity index (χ0v) is 14.4. The van der Waals surface area contributed by atoms with Crippen LogP contribution in [0.1, 0.15) is 18.1 Å². The van der Waals surface area contributed by atoms with Crippen molar-refractivity contribution in [3.8, 4) is 11.5 Å². The van der Waals surface area contributed by atoms with E-state index in [4.69, 9.17) is 21.1 Å². The Morgan fingerprint density at radius 2 is 1.71 bits per heavy atom. The number of nitrogens with zero attached hydrogens (tertiary/aromatic N) is 2. The second-order valence-electron chi connectivity index (χ2n) is 5.41. The number of hydrogen-bond acceptors (Lipinski definition) is 4. The largest absolute Gasteiger partial charge is 0.493 e. The first-order chi connectivity index (χ1) is 11.5. The minimum atomic E-state index is -0.123. The Morgan fingerprint density at radius 3 is 2.33 bits per heavy atom. The first-order valence-electron chi connectivity index (χ1n) is 7.42. The van der Waals surface area contributed by atoms with Crippen LogP contribution in [0.2, 0.25) is 5.02 Å². The molecule has 0 saturated carbocycles. The van der Waals surface area contributed by atoms with Gasteiger partial charge in [-0.1, -0.05) is 11.6 Å². The molecule has 5 nitrogen and oxygen atoms in total. The highest BCUT2D eigenvalue weighted by Gasteiger charge is 2.24. The lowest BCUT2D eigenvalue weighted by molar-refractivity contribution is -0.117. The highest BCUT2D eigenvalue weighted by Crippen LogP contribution is 2.33. The fourth-order valence-electron chi connectivity index (χ4n) is 2.69. The summed E-state index contributed by atoms with van der Waals surface area (Å²) >= 11 is 5.92. The van der Waals surface area contributed by atoms with Crippen molar-refractivity contribution in [3.05, 3.63) is 52.5 Å². The highest BCUT2D eigenvalue weighted by molar-refractivity contribution is 6.30. The van der Waals surface area contributed by atoms with E-state index in [-0.39, 0.29) is 12.3 Å². The van der Waals surface area contributed by atoms with Crippen molar-refractivity contribution in [3.63, 3.8) is 0 Å². The zero-order chi connectivity index (χ0) is 17.3. The van der Waals surface area contributed by atoms with Crippen LogP contribution in [0.15, 0.2) is 41.5 Å². The van der Waals surface area contributed by atoms with Crippen LogP contribution in [0.5, 0.6) is 11.5 Å². The van der Waals surface area contributed by atoms with Gasteiger partial charge in [0.05, 0.1) is 32.0 Å². The van der Waals surface area contributed by atoms with Gasteiger partial charge in [-0.2, -0.15) is 5.10 Å². The Bertz CT molecular complexity index is 816. The van der Waals surface area contributed by atoms with Crippen molar-refractivity contribution in [1.82, 2.24) is 0 Å². The molecule has 2 aromatic rings. The lowest BCUT2D eigenvalue weighted by Crippen LogP contribution is -2.26. The van der Waals surface area contributed by atoms with Crippen molar-refractivity contribution < 1.29 is 14.3 Å². The van der Waals surface area contributed by atoms with E-state index in [1.54, 1.807) is 38.5 Å². The van der Waals surface area contributed by atoms with Crippen molar-refractivity contribution in [1.29, 1.82) is 0 Å². The molecular weight excluding hydrogens is 328 g/mol. The summed E-state index contributed by atoms with van der Waals surface area (Å²) in [5, 5.41) is 6.51. The Morgan fingerprint density at radius 1 is 1.08 bits per heavy atom. The van der Waals surface area contributed by atoms with E-state index >= 15 is 0 Å². The van der Waals surface area contributed by atoms with E-state index in [2.05, 4.69) is 5.10 Å². The number of carbonyl (C=O) groups is 1. The normalized spacial score (nSPS) is 13.9. The number of amides is 1. The van der Waals surface area contributed by atoms with Gasteiger partial charge in [0.1, 0.15) is 0 Å². The van der Waals surface area contributed by atoms with Crippen molar-refractivity contribution in [2.45, 2.75) is 13.3 Å². The van der Waals surface area contributed by atoms with Crippen molar-refractivity contribution >= 4 is 28.9 Å². The molecule has 0 atom stereocenters. The van der Waals surface area contributed by atoms with Crippen LogP contribution in [0.4, 0.5) is 5.69 Å². The third-order valence-corrected chi connectivity index (χ3v) is 4.15. The molecule has 0 bridgehead atoms. The average Bonchev–Trinajstić information content (AvgIpc) is 2.70. The molecule has 0 spiro atoms. The zero-order valence-electron chi connectivity index (χ0n) is 13.7. The maximum atomic E-state index is 12.7. The summed E-state index contributed by atoms with van der Waals surface area (Å²) in [6.45, 7) is 1.87. The smallest absolute Gasteiger partial charge is 0.251 e. The summed E-state index contributed by atoms with van der Waals surface area (Å²) in [5.74, 6) is 1.08. The molecule has 1 aliphatic heterocycles. The number of hydrogen-bond donors (Lipinski definition) is 0. The van der Waals surface area contributed by atoms with Crippen LogP contribution in [-0.2, 0) is 11.2 Å². The molecule has 0 fully saturated rings. The first kappa shape index (κ1) is 16.3. The summed E-state index contributed by atoms with van der Waals surface area (Å²) in [5.41, 5.74) is 3.13. The second-order valence-corrected chi connectivity index (χ2v) is 5.84. The number of hydrazone groups is 1. The van der Waals surface area contributed by atoms with Crippen LogP contribution >= 0.6 is 11.6 Å². The molecule has 0 unspecified atom stereocenters. The van der Waals surface area contributed by atoms with Gasteiger partial charge >= 0.3 is 0 Å². The second kappa shape index (κ2) is 6.53. The molecule has 1 aliphatic rings. The maximum absolute atomic E-state index is 12.7. The third kappa shape index (κ3) is 2.95. The van der Waals surface area contributed by atoms with Gasteiger partial charge in [-0.3, -0.25) is 4.79 Å². The third-order valence-electron chi connectivity index (χ3n) is 3.90. The number of anilines is 1. The average molecular weight is 345 g/mol. The van der Waals surface area contributed by atoms with E-state index in [0.717, 1.165) is 16.8 Å². The number of rotatable bonds is 3. The van der Waals surface area contributed by atoms with E-state index in [1.165, 1.54) is 5.01 Å². The molecular formula is C18H17ClN2O3. The predicted molar refractivity (Wildman–Crippen MR) is 94.4 cm³/mol. The van der Waals surface area contributed by atoms with Crippen LogP contribution in [0, 0.1) is 0 Å². The molecule has 0 aliphatic carbocycles. The number of benzene rings is 2. The first-order valence-corrected chi connectivity index (χ1v) is 7.80. The minimum absolute atomic E-state index is 0.123. The molecule has 124 valence electrons. The van der Waals surface area contributed by atoms with E-state index in [0.29, 0.717) is 22.2 Å². The lowest BCUT2D eigenvalue weighted by Gasteiger charge is -2.16. The van der Waals surface area contributed by atoms with Gasteiger partial charge in [0.25, 0.3) is 5.91 Å². The predicted octanol–water partition coefficient (Wildman–Crippen LogP) is 3.67. The summed E-state index contributed by atoms with van der Waals surface area (Å²) in [6, 6.07) is 10.7. The molecule has 0 saturated heterocycles. The fourth-order valence-corrected chi connectivity index (χ4v) is 2.81. The van der Waals surface area contributed by atoms with E-state index in [9.17, 15) is 4.79 Å². The molecule has 1 amide bonds. The fraction of sp³-hybridized carbons (Fsp3) is 0.222. The van der Waals surface area contributed by atoms with Crippen LogP contribution in [0.25, 0.3) is 0 Å². The van der Waals surface area contributed by atoms with Gasteiger partial charge in [-0.25, -0.2) is 5.01 Å². The van der Waals surface area contributed by atoms with Crippen molar-refractivity contribution in [2.24, 2.45) is 5.10 Å². The molecule has 6 heteroatoms. The van der Waals surface area contributed by atoms with Crippen LogP contribution in [-0.4, -0.2) is 25.8 Å². The maximum Gasteiger partial charge on any atom is 0.251 e. The van der Waals surface area contributed by atoms with Gasteiger partial charge in [-0.05, 0) is 48.9 Å². The molecule has 3 rings (SSSR count). The SMILES string of the molecule is COc1cc2c(cc1OC)C(C)=NN(c1ccc(Cl)cc1)C(=O)C2. The van der Waals surface area contributed by atoms with Gasteiger partial charge in [-0.15, -0.1) is 0 Å². The highest BCUT2D eigenvalue weighted by atomic mass is 35.5. The standard InChI is InChI=1S/C18H17ClN2O3/c1-11-15-10-17(24-3)16(23-2)8-12(15)9-18(22)21(20-11)14-6-4-13(19)5-7-14/h4-8,10H,9H2,1-3H3. The molecule has 0 radical (unpaired) electrons. The molecule has 0 aromatic heterocycles. The number of halogens is 1. The van der Waals surface area contributed by atoms with Gasteiger partial charge in [0.2, 0.25) is 0 Å². The monoisotopic (exact) mass is 344 g/mol. The Kier molecular flexibility index (Phi) is 4.44. The quantitative estimate of drug-likeness (QED) is 0.853. The molecule has 24 heavy (non-hydrogen) atoms. The number of ether oxygens (including phenoxy) is 2. The van der Waals surface area contributed by atoms with E-state index in [1.807, 2.05) is 19.1 Å². The summed E-state index contributed by atoms with van der Waals surface area (Å²) in [4.78, 5) is 12.7. The molecule has 2 aromatic carbocycles. The summed E-state index contributed by atoms with van der Waals surface area (Å²) in [7, 11) is 3.16.